The summed E-state index contributed by atoms with van der Waals surface area (Å²) in [6.07, 6.45) is 5.83. The zero-order valence-corrected chi connectivity index (χ0v) is 19.0. The highest BCUT2D eigenvalue weighted by Gasteiger charge is 2.16. The Morgan fingerprint density at radius 1 is 1.16 bits per heavy atom. The van der Waals surface area contributed by atoms with Gasteiger partial charge in [-0.3, -0.25) is 15.0 Å². The van der Waals surface area contributed by atoms with Crippen LogP contribution in [0.4, 0.5) is 5.13 Å². The molecule has 0 saturated carbocycles. The number of hydrogen-bond acceptors (Lipinski definition) is 6. The molecule has 1 aromatic heterocycles. The van der Waals surface area contributed by atoms with E-state index in [1.807, 2.05) is 18.2 Å². The van der Waals surface area contributed by atoms with E-state index in [-0.39, 0.29) is 5.91 Å². The Bertz CT molecular complexity index is 1150. The lowest BCUT2D eigenvalue weighted by atomic mass is 9.99. The number of aromatic nitrogens is 1. The number of likely N-dealkylation sites (tertiary alicyclic amines) is 1. The first-order valence-electron chi connectivity index (χ1n) is 11.1. The molecule has 2 aliphatic rings. The number of anilines is 1. The number of ether oxygens (including phenoxy) is 2. The van der Waals surface area contributed by atoms with Crippen LogP contribution < -0.4 is 14.8 Å². The van der Waals surface area contributed by atoms with Crippen molar-refractivity contribution in [1.29, 1.82) is 0 Å². The summed E-state index contributed by atoms with van der Waals surface area (Å²) < 4.78 is 12.2. The van der Waals surface area contributed by atoms with Gasteiger partial charge in [-0.2, -0.15) is 0 Å². The molecule has 1 fully saturated rings. The Morgan fingerprint density at radius 3 is 2.81 bits per heavy atom. The molecule has 1 amide bonds. The maximum atomic E-state index is 12.4. The third-order valence-electron chi connectivity index (χ3n) is 5.96. The maximum absolute atomic E-state index is 12.4. The number of hydrogen-bond donors (Lipinski definition) is 1. The van der Waals surface area contributed by atoms with Crippen molar-refractivity contribution in [2.45, 2.75) is 26.3 Å². The molecule has 3 aromatic rings. The van der Waals surface area contributed by atoms with Gasteiger partial charge in [0.15, 0.2) is 16.6 Å². The SMILES string of the molecule is CC1CCN(Cc2ccc3nc(NC(=O)/C=C\c4ccc5c(c4)OCCO5)sc3c2)CC1. The molecule has 0 spiro atoms. The number of carbonyl (C=O) groups excluding carboxylic acids is 1. The largest absolute Gasteiger partial charge is 0.486 e. The van der Waals surface area contributed by atoms with E-state index in [1.54, 1.807) is 6.08 Å². The van der Waals surface area contributed by atoms with Gasteiger partial charge in [0.1, 0.15) is 13.2 Å². The number of nitrogens with one attached hydrogen (secondary N) is 1. The van der Waals surface area contributed by atoms with E-state index in [9.17, 15) is 4.79 Å². The Kier molecular flexibility index (Phi) is 6.10. The average Bonchev–Trinajstić information content (AvgIpc) is 3.20. The second-order valence-electron chi connectivity index (χ2n) is 8.51. The molecule has 2 aliphatic heterocycles. The predicted octanol–water partition coefficient (Wildman–Crippen LogP) is 4.95. The zero-order valence-electron chi connectivity index (χ0n) is 18.2. The summed E-state index contributed by atoms with van der Waals surface area (Å²) in [5.41, 5.74) is 3.09. The monoisotopic (exact) mass is 449 g/mol. The normalized spacial score (nSPS) is 17.2. The van der Waals surface area contributed by atoms with Crippen LogP contribution in [-0.4, -0.2) is 42.1 Å². The molecular weight excluding hydrogens is 422 g/mol. The molecular formula is C25H27N3O3S. The molecule has 0 bridgehead atoms. The van der Waals surface area contributed by atoms with Gasteiger partial charge in [-0.05, 0) is 73.3 Å². The number of fused-ring (bicyclic) bond motifs is 2. The first-order valence-corrected chi connectivity index (χ1v) is 11.9. The van der Waals surface area contributed by atoms with Gasteiger partial charge in [0.2, 0.25) is 5.91 Å². The predicted molar refractivity (Wildman–Crippen MR) is 128 cm³/mol. The Hall–Kier alpha value is -2.90. The van der Waals surface area contributed by atoms with Crippen LogP contribution in [0.15, 0.2) is 42.5 Å². The Morgan fingerprint density at radius 2 is 1.97 bits per heavy atom. The lowest BCUT2D eigenvalue weighted by molar-refractivity contribution is -0.111. The van der Waals surface area contributed by atoms with Gasteiger partial charge in [-0.1, -0.05) is 30.4 Å². The van der Waals surface area contributed by atoms with Gasteiger partial charge in [0.25, 0.3) is 0 Å². The molecule has 2 aromatic carbocycles. The topological polar surface area (TPSA) is 63.7 Å². The van der Waals surface area contributed by atoms with Gasteiger partial charge in [0.05, 0.1) is 10.2 Å². The van der Waals surface area contributed by atoms with E-state index in [0.29, 0.717) is 24.1 Å². The Labute approximate surface area is 191 Å². The summed E-state index contributed by atoms with van der Waals surface area (Å²) >= 11 is 1.51. The molecule has 1 N–H and O–H groups in total. The summed E-state index contributed by atoms with van der Waals surface area (Å²) in [4.78, 5) is 19.5. The molecule has 5 rings (SSSR count). The van der Waals surface area contributed by atoms with Gasteiger partial charge < -0.3 is 9.47 Å². The number of amides is 1. The summed E-state index contributed by atoms with van der Waals surface area (Å²) in [5.74, 6) is 2.08. The first-order chi connectivity index (χ1) is 15.6. The molecule has 0 unspecified atom stereocenters. The molecule has 7 heteroatoms. The molecule has 166 valence electrons. The van der Waals surface area contributed by atoms with Crippen molar-refractivity contribution in [3.8, 4) is 11.5 Å². The van der Waals surface area contributed by atoms with E-state index in [2.05, 4.69) is 40.3 Å². The van der Waals surface area contributed by atoms with Crippen LogP contribution in [-0.2, 0) is 11.3 Å². The molecule has 3 heterocycles. The van der Waals surface area contributed by atoms with Crippen LogP contribution in [0.25, 0.3) is 16.3 Å². The van der Waals surface area contributed by atoms with E-state index >= 15 is 0 Å². The van der Waals surface area contributed by atoms with E-state index in [4.69, 9.17) is 9.47 Å². The lowest BCUT2D eigenvalue weighted by Gasteiger charge is -2.30. The fourth-order valence-corrected chi connectivity index (χ4v) is 5.01. The number of carbonyl (C=O) groups is 1. The number of benzene rings is 2. The number of thiazole rings is 1. The van der Waals surface area contributed by atoms with Crippen LogP contribution in [0.3, 0.4) is 0 Å². The van der Waals surface area contributed by atoms with Crippen molar-refractivity contribution in [3.63, 3.8) is 0 Å². The number of rotatable bonds is 5. The quantitative estimate of drug-likeness (QED) is 0.559. The molecule has 6 nitrogen and oxygen atoms in total. The fourth-order valence-electron chi connectivity index (χ4n) is 4.08. The van der Waals surface area contributed by atoms with Crippen LogP contribution in [0.5, 0.6) is 11.5 Å². The second kappa shape index (κ2) is 9.30. The van der Waals surface area contributed by atoms with Crippen molar-refractivity contribution in [2.24, 2.45) is 5.92 Å². The minimum atomic E-state index is -0.207. The van der Waals surface area contributed by atoms with Gasteiger partial charge in [-0.15, -0.1) is 0 Å². The summed E-state index contributed by atoms with van der Waals surface area (Å²) in [6, 6.07) is 12.0. The van der Waals surface area contributed by atoms with E-state index in [0.717, 1.165) is 34.0 Å². The van der Waals surface area contributed by atoms with Gasteiger partial charge >= 0.3 is 0 Å². The van der Waals surface area contributed by atoms with Crippen molar-refractivity contribution >= 4 is 38.7 Å². The number of nitrogens with zero attached hydrogens (tertiary/aromatic N) is 2. The van der Waals surface area contributed by atoms with E-state index in [1.165, 1.54) is 48.9 Å². The summed E-state index contributed by atoms with van der Waals surface area (Å²) in [7, 11) is 0. The third-order valence-corrected chi connectivity index (χ3v) is 6.89. The number of piperidine rings is 1. The highest BCUT2D eigenvalue weighted by molar-refractivity contribution is 7.22. The maximum Gasteiger partial charge on any atom is 0.250 e. The van der Waals surface area contributed by atoms with Crippen LogP contribution in [0.2, 0.25) is 0 Å². The minimum Gasteiger partial charge on any atom is -0.486 e. The summed E-state index contributed by atoms with van der Waals surface area (Å²) in [6.45, 7) is 6.74. The second-order valence-corrected chi connectivity index (χ2v) is 9.54. The molecule has 0 aliphatic carbocycles. The smallest absolute Gasteiger partial charge is 0.250 e. The molecule has 1 saturated heterocycles. The highest BCUT2D eigenvalue weighted by Crippen LogP contribution is 2.31. The van der Waals surface area contributed by atoms with Crippen LogP contribution in [0.1, 0.15) is 30.9 Å². The van der Waals surface area contributed by atoms with Crippen LogP contribution >= 0.6 is 11.3 Å². The van der Waals surface area contributed by atoms with Crippen molar-refractivity contribution in [2.75, 3.05) is 31.6 Å². The molecule has 32 heavy (non-hydrogen) atoms. The minimum absolute atomic E-state index is 0.207. The lowest BCUT2D eigenvalue weighted by Crippen LogP contribution is -2.32. The van der Waals surface area contributed by atoms with Crippen molar-refractivity contribution in [3.05, 3.63) is 53.6 Å². The van der Waals surface area contributed by atoms with Crippen molar-refractivity contribution in [1.82, 2.24) is 9.88 Å². The van der Waals surface area contributed by atoms with Crippen molar-refractivity contribution < 1.29 is 14.3 Å². The molecule has 0 radical (unpaired) electrons. The highest BCUT2D eigenvalue weighted by atomic mass is 32.1. The first kappa shape index (κ1) is 21.0. The third kappa shape index (κ3) is 4.95. The standard InChI is InChI=1S/C25H27N3O3S/c1-17-8-10-28(11-9-17)16-19-2-5-20-23(15-19)32-25(26-20)27-24(29)7-4-18-3-6-21-22(14-18)31-13-12-30-21/h2-7,14-15,17H,8-13,16H2,1H3,(H,26,27,29)/b7-4-. The average molecular weight is 450 g/mol. The fraction of sp³-hybridized carbons (Fsp3) is 0.360. The zero-order chi connectivity index (χ0) is 21.9. The van der Waals surface area contributed by atoms with E-state index < -0.39 is 0 Å². The van der Waals surface area contributed by atoms with Crippen LogP contribution in [0, 0.1) is 5.92 Å². The Balaban J connectivity index is 1.22. The van der Waals surface area contributed by atoms with Gasteiger partial charge in [-0.25, -0.2) is 4.98 Å². The van der Waals surface area contributed by atoms with Gasteiger partial charge in [0, 0.05) is 12.6 Å². The summed E-state index contributed by atoms with van der Waals surface area (Å²) in [5, 5.41) is 3.50. The molecule has 0 atom stereocenters.